The van der Waals surface area contributed by atoms with Crippen LogP contribution in [0, 0.1) is 0 Å². The van der Waals surface area contributed by atoms with E-state index < -0.39 is 11.9 Å². The molecule has 0 saturated heterocycles. The van der Waals surface area contributed by atoms with Gasteiger partial charge in [-0.3, -0.25) is 0 Å². The van der Waals surface area contributed by atoms with Gasteiger partial charge in [-0.1, -0.05) is 48.5 Å². The number of benzene rings is 2. The van der Waals surface area contributed by atoms with Crippen molar-refractivity contribution >= 4 is 11.9 Å². The molecule has 0 aliphatic heterocycles. The molecular formula is C20H22N2O4. The Balaban J connectivity index is 0.000000260. The summed E-state index contributed by atoms with van der Waals surface area (Å²) in [4.78, 5) is 18.8. The van der Waals surface area contributed by atoms with Gasteiger partial charge in [0.15, 0.2) is 0 Å². The van der Waals surface area contributed by atoms with Gasteiger partial charge in [0.25, 0.3) is 0 Å². The van der Waals surface area contributed by atoms with Crippen LogP contribution in [0.1, 0.15) is 35.2 Å². The molecule has 136 valence electrons. The Bertz CT molecular complexity index is 827. The molecule has 0 aromatic heterocycles. The van der Waals surface area contributed by atoms with Gasteiger partial charge in [-0.05, 0) is 24.6 Å². The third kappa shape index (κ3) is 4.36. The van der Waals surface area contributed by atoms with Gasteiger partial charge >= 0.3 is 0 Å². The molecule has 0 heterocycles. The Morgan fingerprint density at radius 1 is 1.00 bits per heavy atom. The van der Waals surface area contributed by atoms with Gasteiger partial charge in [0.05, 0.1) is 11.9 Å². The van der Waals surface area contributed by atoms with Crippen LogP contribution in [0.2, 0.25) is 0 Å². The van der Waals surface area contributed by atoms with Crippen molar-refractivity contribution in [3.05, 3.63) is 82.9 Å². The van der Waals surface area contributed by atoms with E-state index >= 15 is 0 Å². The van der Waals surface area contributed by atoms with Crippen molar-refractivity contribution in [3.63, 3.8) is 0 Å². The van der Waals surface area contributed by atoms with Crippen molar-refractivity contribution in [2.75, 3.05) is 0 Å². The minimum Gasteiger partial charge on any atom is -0.545 e. The SMILES string of the molecule is CC1([NH3+])c2ccccc2CC([NH3+])c2ccccc21.O=C([O-])/C=C\C(=O)[O-]. The van der Waals surface area contributed by atoms with Crippen molar-refractivity contribution in [1.82, 2.24) is 0 Å². The van der Waals surface area contributed by atoms with Gasteiger partial charge in [-0.15, -0.1) is 0 Å². The first-order chi connectivity index (χ1) is 12.2. The van der Waals surface area contributed by atoms with Crippen molar-refractivity contribution in [2.24, 2.45) is 0 Å². The molecule has 1 aliphatic carbocycles. The fraction of sp³-hybridized carbons (Fsp3) is 0.200. The standard InChI is InChI=1S/C16H18N2.C4H4O4/c1-16(18)13-8-4-2-6-11(13)10-15(17)12-7-3-5-9-14(12)16;5-3(6)1-2-4(7)8/h2-9,15H,10,17-18H2,1H3;1-2H,(H,5,6)(H,7,8)/b;2-1-. The fourth-order valence-electron chi connectivity index (χ4n) is 3.25. The quantitative estimate of drug-likeness (QED) is 0.607. The number of hydrogen-bond acceptors (Lipinski definition) is 4. The molecule has 26 heavy (non-hydrogen) atoms. The van der Waals surface area contributed by atoms with E-state index in [1.165, 1.54) is 22.3 Å². The third-order valence-electron chi connectivity index (χ3n) is 4.43. The second-order valence-electron chi connectivity index (χ2n) is 6.45. The zero-order valence-electron chi connectivity index (χ0n) is 14.6. The van der Waals surface area contributed by atoms with E-state index in [9.17, 15) is 19.8 Å². The number of carboxylic acid groups (broad SMARTS) is 2. The van der Waals surface area contributed by atoms with Crippen LogP contribution in [0.4, 0.5) is 0 Å². The number of fused-ring (bicyclic) bond motifs is 2. The Kier molecular flexibility index (Phi) is 5.92. The summed E-state index contributed by atoms with van der Waals surface area (Å²) in [6, 6.07) is 17.5. The summed E-state index contributed by atoms with van der Waals surface area (Å²) in [5.74, 6) is -3.09. The van der Waals surface area contributed by atoms with Crippen LogP contribution in [0.3, 0.4) is 0 Å². The van der Waals surface area contributed by atoms with Gasteiger partial charge in [-0.2, -0.15) is 0 Å². The van der Waals surface area contributed by atoms with E-state index in [0.29, 0.717) is 18.2 Å². The van der Waals surface area contributed by atoms with E-state index in [4.69, 9.17) is 0 Å². The predicted octanol–water partition coefficient (Wildman–Crippen LogP) is -1.93. The molecule has 0 fully saturated rings. The van der Waals surface area contributed by atoms with Gasteiger partial charge in [0.1, 0.15) is 11.6 Å². The maximum atomic E-state index is 9.41. The second kappa shape index (κ2) is 7.95. The topological polar surface area (TPSA) is 136 Å². The Morgan fingerprint density at radius 3 is 2.08 bits per heavy atom. The number of hydrogen-bond donors (Lipinski definition) is 2. The Labute approximate surface area is 151 Å². The molecule has 2 unspecified atom stereocenters. The molecule has 1 aliphatic rings. The molecule has 2 atom stereocenters. The first-order valence-electron chi connectivity index (χ1n) is 8.19. The summed E-state index contributed by atoms with van der Waals surface area (Å²) in [6.07, 6.45) is 1.77. The Morgan fingerprint density at radius 2 is 1.50 bits per heavy atom. The number of quaternary nitrogens is 2. The maximum absolute atomic E-state index is 9.41. The molecule has 6 heteroatoms. The van der Waals surface area contributed by atoms with Crippen LogP contribution in [-0.2, 0) is 21.5 Å². The van der Waals surface area contributed by atoms with E-state index in [2.05, 4.69) is 66.9 Å². The molecule has 2 aromatic carbocycles. The highest BCUT2D eigenvalue weighted by molar-refractivity contribution is 5.87. The van der Waals surface area contributed by atoms with Gasteiger partial charge in [0.2, 0.25) is 0 Å². The molecule has 6 N–H and O–H groups in total. The number of rotatable bonds is 2. The van der Waals surface area contributed by atoms with Crippen molar-refractivity contribution < 1.29 is 31.3 Å². The predicted molar refractivity (Wildman–Crippen MR) is 90.7 cm³/mol. The molecule has 3 rings (SSSR count). The van der Waals surface area contributed by atoms with Crippen molar-refractivity contribution in [2.45, 2.75) is 24.9 Å². The minimum atomic E-state index is -1.55. The summed E-state index contributed by atoms with van der Waals surface area (Å²) in [6.45, 7) is 2.21. The smallest absolute Gasteiger partial charge is 0.144 e. The molecule has 0 saturated carbocycles. The van der Waals surface area contributed by atoms with Gasteiger partial charge in [-0.25, -0.2) is 0 Å². The average molecular weight is 354 g/mol. The molecule has 0 amide bonds. The highest BCUT2D eigenvalue weighted by atomic mass is 16.4. The first kappa shape index (κ1) is 19.4. The highest BCUT2D eigenvalue weighted by Gasteiger charge is 2.37. The van der Waals surface area contributed by atoms with Crippen LogP contribution >= 0.6 is 0 Å². The lowest BCUT2D eigenvalue weighted by atomic mass is 9.83. The van der Waals surface area contributed by atoms with Gasteiger partial charge < -0.3 is 31.3 Å². The lowest BCUT2D eigenvalue weighted by molar-refractivity contribution is -0.466. The van der Waals surface area contributed by atoms with Crippen LogP contribution in [0.25, 0.3) is 0 Å². The lowest BCUT2D eigenvalue weighted by Gasteiger charge is -2.23. The molecular weight excluding hydrogens is 332 g/mol. The highest BCUT2D eigenvalue weighted by Crippen LogP contribution is 2.36. The third-order valence-corrected chi connectivity index (χ3v) is 4.43. The van der Waals surface area contributed by atoms with Crippen LogP contribution < -0.4 is 21.7 Å². The fourth-order valence-corrected chi connectivity index (χ4v) is 3.25. The molecule has 6 nitrogen and oxygen atoms in total. The minimum absolute atomic E-state index is 0.181. The number of aliphatic carboxylic acids is 2. The van der Waals surface area contributed by atoms with Gasteiger partial charge in [0, 0.05) is 23.1 Å². The first-order valence-corrected chi connectivity index (χ1v) is 8.19. The molecule has 0 radical (unpaired) electrons. The number of carbonyl (C=O) groups is 2. The molecule has 0 spiro atoms. The maximum Gasteiger partial charge on any atom is 0.144 e. The summed E-state index contributed by atoms with van der Waals surface area (Å²) >= 11 is 0. The molecule has 0 bridgehead atoms. The zero-order chi connectivity index (χ0) is 19.3. The summed E-state index contributed by atoms with van der Waals surface area (Å²) in [7, 11) is 0. The number of carboxylic acids is 2. The second-order valence-corrected chi connectivity index (χ2v) is 6.45. The van der Waals surface area contributed by atoms with Crippen molar-refractivity contribution in [1.29, 1.82) is 0 Å². The zero-order valence-corrected chi connectivity index (χ0v) is 14.6. The summed E-state index contributed by atoms with van der Waals surface area (Å²) in [5, 5.41) is 18.8. The van der Waals surface area contributed by atoms with Crippen molar-refractivity contribution in [3.8, 4) is 0 Å². The van der Waals surface area contributed by atoms with Crippen LogP contribution in [0.15, 0.2) is 60.7 Å². The Hall–Kier alpha value is -2.96. The largest absolute Gasteiger partial charge is 0.545 e. The lowest BCUT2D eigenvalue weighted by Crippen LogP contribution is -2.69. The van der Waals surface area contributed by atoms with Crippen LogP contribution in [0.5, 0.6) is 0 Å². The van der Waals surface area contributed by atoms with E-state index in [1.807, 2.05) is 0 Å². The summed E-state index contributed by atoms with van der Waals surface area (Å²) < 4.78 is 0. The molecule has 2 aromatic rings. The summed E-state index contributed by atoms with van der Waals surface area (Å²) in [5.41, 5.74) is 14.0. The average Bonchev–Trinajstić information content (AvgIpc) is 2.68. The van der Waals surface area contributed by atoms with E-state index in [-0.39, 0.29) is 5.54 Å². The van der Waals surface area contributed by atoms with Crippen LogP contribution in [-0.4, -0.2) is 11.9 Å². The van der Waals surface area contributed by atoms with E-state index in [0.717, 1.165) is 6.42 Å². The number of carbonyl (C=O) groups excluding carboxylic acids is 2. The normalized spacial score (nSPS) is 21.0. The van der Waals surface area contributed by atoms with E-state index in [1.54, 1.807) is 0 Å². The monoisotopic (exact) mass is 354 g/mol.